The van der Waals surface area contributed by atoms with Crippen molar-refractivity contribution in [2.24, 2.45) is 12.0 Å². The van der Waals surface area contributed by atoms with E-state index in [4.69, 9.17) is 0 Å². The molecule has 5 heteroatoms. The molecule has 5 nitrogen and oxygen atoms in total. The number of hydrogen-bond donors (Lipinski definition) is 1. The van der Waals surface area contributed by atoms with Crippen molar-refractivity contribution in [3.05, 3.63) is 18.2 Å². The van der Waals surface area contributed by atoms with Crippen molar-refractivity contribution in [1.82, 2.24) is 19.8 Å². The van der Waals surface area contributed by atoms with E-state index in [0.717, 1.165) is 31.4 Å². The molecule has 0 spiro atoms. The molecule has 0 bridgehead atoms. The van der Waals surface area contributed by atoms with E-state index >= 15 is 0 Å². The van der Waals surface area contributed by atoms with Crippen LogP contribution >= 0.6 is 0 Å². The molecular weight excluding hydrogens is 178 g/mol. The van der Waals surface area contributed by atoms with Gasteiger partial charge in [0, 0.05) is 33.0 Å². The fourth-order valence-electron chi connectivity index (χ4n) is 1.48. The van der Waals surface area contributed by atoms with Crippen LogP contribution in [0.3, 0.4) is 0 Å². The van der Waals surface area contributed by atoms with Gasteiger partial charge in [0.2, 0.25) is 0 Å². The fourth-order valence-corrected chi connectivity index (χ4v) is 1.48. The van der Waals surface area contributed by atoms with Crippen LogP contribution in [0.4, 0.5) is 0 Å². The second-order valence-corrected chi connectivity index (χ2v) is 3.44. The Morgan fingerprint density at radius 1 is 1.64 bits per heavy atom. The SMILES string of the molecule is CN(Cc1nccn1C)C1=NCCN1. The molecule has 1 aliphatic heterocycles. The highest BCUT2D eigenvalue weighted by atomic mass is 15.3. The van der Waals surface area contributed by atoms with Gasteiger partial charge in [-0.2, -0.15) is 0 Å². The molecule has 1 aromatic rings. The maximum absolute atomic E-state index is 4.34. The van der Waals surface area contributed by atoms with Gasteiger partial charge in [-0.3, -0.25) is 4.99 Å². The predicted molar refractivity (Wildman–Crippen MR) is 55.0 cm³/mol. The minimum atomic E-state index is 0.787. The Labute approximate surface area is 83.5 Å². The summed E-state index contributed by atoms with van der Waals surface area (Å²) in [6, 6.07) is 0. The van der Waals surface area contributed by atoms with Gasteiger partial charge >= 0.3 is 0 Å². The van der Waals surface area contributed by atoms with Crippen molar-refractivity contribution in [2.75, 3.05) is 20.1 Å². The molecule has 0 radical (unpaired) electrons. The second kappa shape index (κ2) is 3.69. The van der Waals surface area contributed by atoms with Crippen molar-refractivity contribution in [1.29, 1.82) is 0 Å². The van der Waals surface area contributed by atoms with Crippen molar-refractivity contribution in [3.63, 3.8) is 0 Å². The van der Waals surface area contributed by atoms with Crippen molar-refractivity contribution >= 4 is 5.96 Å². The summed E-state index contributed by atoms with van der Waals surface area (Å²) in [6.45, 7) is 2.61. The van der Waals surface area contributed by atoms with Crippen LogP contribution in [0.15, 0.2) is 17.4 Å². The third kappa shape index (κ3) is 1.71. The largest absolute Gasteiger partial charge is 0.354 e. The van der Waals surface area contributed by atoms with Gasteiger partial charge in [0.15, 0.2) is 5.96 Å². The first-order chi connectivity index (χ1) is 6.77. The average Bonchev–Trinajstić information content (AvgIpc) is 2.77. The normalized spacial score (nSPS) is 15.1. The van der Waals surface area contributed by atoms with E-state index in [1.54, 1.807) is 0 Å². The van der Waals surface area contributed by atoms with Gasteiger partial charge in [0.1, 0.15) is 5.82 Å². The smallest absolute Gasteiger partial charge is 0.194 e. The number of guanidine groups is 1. The van der Waals surface area contributed by atoms with E-state index in [-0.39, 0.29) is 0 Å². The highest BCUT2D eigenvalue weighted by molar-refractivity contribution is 5.81. The Balaban J connectivity index is 2.01. The molecule has 0 saturated heterocycles. The molecule has 1 aliphatic rings. The Kier molecular flexibility index (Phi) is 2.39. The zero-order chi connectivity index (χ0) is 9.97. The summed E-state index contributed by atoms with van der Waals surface area (Å²) in [5.74, 6) is 2.01. The van der Waals surface area contributed by atoms with Gasteiger partial charge in [0.05, 0.1) is 13.1 Å². The molecule has 0 fully saturated rings. The second-order valence-electron chi connectivity index (χ2n) is 3.44. The zero-order valence-corrected chi connectivity index (χ0v) is 8.56. The quantitative estimate of drug-likeness (QED) is 0.708. The number of hydrogen-bond acceptors (Lipinski definition) is 4. The molecule has 2 heterocycles. The maximum atomic E-state index is 4.34. The molecule has 0 amide bonds. The summed E-state index contributed by atoms with van der Waals surface area (Å²) in [4.78, 5) is 10.7. The molecule has 0 saturated carbocycles. The first-order valence-electron chi connectivity index (χ1n) is 4.73. The highest BCUT2D eigenvalue weighted by Gasteiger charge is 2.11. The van der Waals surface area contributed by atoms with Crippen LogP contribution in [0.2, 0.25) is 0 Å². The van der Waals surface area contributed by atoms with E-state index in [9.17, 15) is 0 Å². The van der Waals surface area contributed by atoms with E-state index in [1.165, 1.54) is 0 Å². The van der Waals surface area contributed by atoms with Crippen molar-refractivity contribution < 1.29 is 0 Å². The summed E-state index contributed by atoms with van der Waals surface area (Å²) in [5.41, 5.74) is 0. The predicted octanol–water partition coefficient (Wildman–Crippen LogP) is -0.189. The van der Waals surface area contributed by atoms with Crippen LogP contribution in [-0.2, 0) is 13.6 Å². The van der Waals surface area contributed by atoms with Crippen LogP contribution in [-0.4, -0.2) is 40.5 Å². The summed E-state index contributed by atoms with van der Waals surface area (Å²) < 4.78 is 2.02. The minimum Gasteiger partial charge on any atom is -0.354 e. The molecule has 14 heavy (non-hydrogen) atoms. The molecule has 1 aromatic heterocycles. The summed E-state index contributed by atoms with van der Waals surface area (Å²) >= 11 is 0. The first-order valence-corrected chi connectivity index (χ1v) is 4.73. The molecule has 1 N–H and O–H groups in total. The topological polar surface area (TPSA) is 45.5 Å². The molecule has 0 aromatic carbocycles. The first kappa shape index (κ1) is 9.05. The summed E-state index contributed by atoms with van der Waals surface area (Å²) in [5, 5.41) is 3.23. The van der Waals surface area contributed by atoms with Gasteiger partial charge in [-0.05, 0) is 0 Å². The molecule has 0 unspecified atom stereocenters. The number of nitrogens with zero attached hydrogens (tertiary/aromatic N) is 4. The Morgan fingerprint density at radius 2 is 2.50 bits per heavy atom. The van der Waals surface area contributed by atoms with Gasteiger partial charge in [-0.15, -0.1) is 0 Å². The zero-order valence-electron chi connectivity index (χ0n) is 8.56. The third-order valence-electron chi connectivity index (χ3n) is 2.32. The number of imidazole rings is 1. The van der Waals surface area contributed by atoms with Gasteiger partial charge in [-0.1, -0.05) is 0 Å². The van der Waals surface area contributed by atoms with Crippen LogP contribution in [0.5, 0.6) is 0 Å². The van der Waals surface area contributed by atoms with Gasteiger partial charge in [-0.25, -0.2) is 4.98 Å². The Hall–Kier alpha value is -1.52. The summed E-state index contributed by atoms with van der Waals surface area (Å²) in [6.07, 6.45) is 3.76. The van der Waals surface area contributed by atoms with Gasteiger partial charge < -0.3 is 14.8 Å². The lowest BCUT2D eigenvalue weighted by molar-refractivity contribution is 0.462. The molecule has 76 valence electrons. The number of nitrogens with one attached hydrogen (secondary N) is 1. The number of aryl methyl sites for hydroxylation is 1. The van der Waals surface area contributed by atoms with E-state index in [2.05, 4.69) is 20.2 Å². The Morgan fingerprint density at radius 3 is 3.07 bits per heavy atom. The lowest BCUT2D eigenvalue weighted by Crippen LogP contribution is -2.35. The van der Waals surface area contributed by atoms with Crippen LogP contribution in [0.25, 0.3) is 0 Å². The molecule has 0 atom stereocenters. The Bertz CT molecular complexity index is 341. The minimum absolute atomic E-state index is 0.787. The summed E-state index contributed by atoms with van der Waals surface area (Å²) in [7, 11) is 4.02. The third-order valence-corrected chi connectivity index (χ3v) is 2.32. The van der Waals surface area contributed by atoms with Crippen molar-refractivity contribution in [2.45, 2.75) is 6.54 Å². The molecular formula is C9H15N5. The number of rotatable bonds is 2. The maximum Gasteiger partial charge on any atom is 0.194 e. The highest BCUT2D eigenvalue weighted by Crippen LogP contribution is 2.01. The van der Waals surface area contributed by atoms with E-state index < -0.39 is 0 Å². The molecule has 0 aliphatic carbocycles. The molecule has 2 rings (SSSR count). The fraction of sp³-hybridized carbons (Fsp3) is 0.556. The van der Waals surface area contributed by atoms with Crippen LogP contribution in [0.1, 0.15) is 5.82 Å². The lowest BCUT2D eigenvalue weighted by atomic mass is 10.5. The standard InChI is InChI=1S/C9H15N5/c1-13-6-5-10-8(13)7-14(2)9-11-3-4-12-9/h5-6H,3-4,7H2,1-2H3,(H,11,12). The average molecular weight is 193 g/mol. The van der Waals surface area contributed by atoms with Crippen LogP contribution in [0, 0.1) is 0 Å². The number of aromatic nitrogens is 2. The monoisotopic (exact) mass is 193 g/mol. The number of aliphatic imine (C=N–C) groups is 1. The van der Waals surface area contributed by atoms with Crippen molar-refractivity contribution in [3.8, 4) is 0 Å². The lowest BCUT2D eigenvalue weighted by Gasteiger charge is -2.18. The van der Waals surface area contributed by atoms with E-state index in [0.29, 0.717) is 0 Å². The van der Waals surface area contributed by atoms with Crippen LogP contribution < -0.4 is 5.32 Å². The van der Waals surface area contributed by atoms with E-state index in [1.807, 2.05) is 31.1 Å². The van der Waals surface area contributed by atoms with Gasteiger partial charge in [0.25, 0.3) is 0 Å².